The number of pyridine rings is 1. The molecule has 1 heterocycles. The van der Waals surface area contributed by atoms with Gasteiger partial charge in [0.25, 0.3) is 0 Å². The molecule has 0 saturated carbocycles. The first-order chi connectivity index (χ1) is 8.72. The number of hydrogen-bond acceptors (Lipinski definition) is 2. The maximum atomic E-state index is 13.8. The average Bonchev–Trinajstić information content (AvgIpc) is 2.37. The molecule has 0 aliphatic carbocycles. The van der Waals surface area contributed by atoms with E-state index < -0.39 is 0 Å². The van der Waals surface area contributed by atoms with Crippen molar-refractivity contribution in [3.8, 4) is 0 Å². The van der Waals surface area contributed by atoms with Gasteiger partial charge in [-0.15, -0.1) is 0 Å². The van der Waals surface area contributed by atoms with Crippen molar-refractivity contribution < 1.29 is 4.39 Å². The number of nitrogens with zero attached hydrogens (tertiary/aromatic N) is 1. The molecule has 1 unspecified atom stereocenters. The van der Waals surface area contributed by atoms with Crippen molar-refractivity contribution >= 4 is 0 Å². The van der Waals surface area contributed by atoms with Gasteiger partial charge in [0.05, 0.1) is 11.7 Å². The standard InChI is InChI=1S/C15H17FN2/c1-3-17-14(12-7-4-6-11(2)10-12)15-13(16)8-5-9-18-15/h4-10,14,17H,3H2,1-2H3. The van der Waals surface area contributed by atoms with E-state index in [1.54, 1.807) is 12.3 Å². The van der Waals surface area contributed by atoms with Gasteiger partial charge in [0.1, 0.15) is 5.82 Å². The summed E-state index contributed by atoms with van der Waals surface area (Å²) in [6, 6.07) is 10.9. The summed E-state index contributed by atoms with van der Waals surface area (Å²) >= 11 is 0. The third kappa shape index (κ3) is 2.74. The molecule has 18 heavy (non-hydrogen) atoms. The Morgan fingerprint density at radius 2 is 2.11 bits per heavy atom. The van der Waals surface area contributed by atoms with Gasteiger partial charge in [0.15, 0.2) is 0 Å². The highest BCUT2D eigenvalue weighted by atomic mass is 19.1. The van der Waals surface area contributed by atoms with Crippen molar-refractivity contribution in [2.75, 3.05) is 6.54 Å². The van der Waals surface area contributed by atoms with E-state index in [0.29, 0.717) is 5.69 Å². The number of rotatable bonds is 4. The van der Waals surface area contributed by atoms with Gasteiger partial charge in [0, 0.05) is 6.20 Å². The Bertz CT molecular complexity index is 525. The Morgan fingerprint density at radius 1 is 1.28 bits per heavy atom. The second-order valence-electron chi connectivity index (χ2n) is 4.28. The van der Waals surface area contributed by atoms with Crippen LogP contribution in [0.4, 0.5) is 4.39 Å². The van der Waals surface area contributed by atoms with Crippen LogP contribution in [0, 0.1) is 12.7 Å². The fourth-order valence-corrected chi connectivity index (χ4v) is 2.04. The maximum absolute atomic E-state index is 13.8. The van der Waals surface area contributed by atoms with E-state index in [1.165, 1.54) is 6.07 Å². The molecule has 0 amide bonds. The summed E-state index contributed by atoms with van der Waals surface area (Å²) in [6.45, 7) is 4.79. The van der Waals surface area contributed by atoms with E-state index in [-0.39, 0.29) is 11.9 Å². The van der Waals surface area contributed by atoms with Crippen LogP contribution in [0.5, 0.6) is 0 Å². The Morgan fingerprint density at radius 3 is 2.78 bits per heavy atom. The summed E-state index contributed by atoms with van der Waals surface area (Å²) in [7, 11) is 0. The van der Waals surface area contributed by atoms with E-state index in [2.05, 4.69) is 16.4 Å². The zero-order valence-electron chi connectivity index (χ0n) is 10.7. The first kappa shape index (κ1) is 12.7. The van der Waals surface area contributed by atoms with E-state index in [1.807, 2.05) is 32.0 Å². The average molecular weight is 244 g/mol. The molecule has 2 aromatic rings. The SMILES string of the molecule is CCNC(c1cccc(C)c1)c1ncccc1F. The topological polar surface area (TPSA) is 24.9 Å². The van der Waals surface area contributed by atoms with Gasteiger partial charge in [-0.2, -0.15) is 0 Å². The molecule has 2 nitrogen and oxygen atoms in total. The second kappa shape index (κ2) is 5.74. The molecule has 0 aliphatic heterocycles. The van der Waals surface area contributed by atoms with Gasteiger partial charge in [-0.25, -0.2) is 4.39 Å². The summed E-state index contributed by atoms with van der Waals surface area (Å²) in [5, 5.41) is 3.28. The molecule has 0 radical (unpaired) electrons. The number of benzene rings is 1. The third-order valence-corrected chi connectivity index (χ3v) is 2.84. The van der Waals surface area contributed by atoms with Gasteiger partial charge < -0.3 is 5.32 Å². The second-order valence-corrected chi connectivity index (χ2v) is 4.28. The Balaban J connectivity index is 2.43. The van der Waals surface area contributed by atoms with Crippen LogP contribution >= 0.6 is 0 Å². The predicted molar refractivity (Wildman–Crippen MR) is 70.9 cm³/mol. The monoisotopic (exact) mass is 244 g/mol. The lowest BCUT2D eigenvalue weighted by Gasteiger charge is -2.18. The number of nitrogens with one attached hydrogen (secondary N) is 1. The number of halogens is 1. The van der Waals surface area contributed by atoms with Crippen LogP contribution in [0.3, 0.4) is 0 Å². The maximum Gasteiger partial charge on any atom is 0.146 e. The van der Waals surface area contributed by atoms with Crippen molar-refractivity contribution in [3.63, 3.8) is 0 Å². The Hall–Kier alpha value is -1.74. The zero-order chi connectivity index (χ0) is 13.0. The fraction of sp³-hybridized carbons (Fsp3) is 0.267. The highest BCUT2D eigenvalue weighted by Crippen LogP contribution is 2.23. The normalized spacial score (nSPS) is 12.4. The molecule has 2 rings (SSSR count). The van der Waals surface area contributed by atoms with Crippen LogP contribution in [-0.4, -0.2) is 11.5 Å². The minimum atomic E-state index is -0.273. The molecule has 1 atom stereocenters. The molecule has 94 valence electrons. The van der Waals surface area contributed by atoms with E-state index >= 15 is 0 Å². The van der Waals surface area contributed by atoms with E-state index in [4.69, 9.17) is 0 Å². The summed E-state index contributed by atoms with van der Waals surface area (Å²) in [5.74, 6) is -0.273. The highest BCUT2D eigenvalue weighted by molar-refractivity contribution is 5.31. The van der Waals surface area contributed by atoms with Gasteiger partial charge in [-0.05, 0) is 31.2 Å². The van der Waals surface area contributed by atoms with Crippen LogP contribution in [0.15, 0.2) is 42.6 Å². The molecule has 0 aliphatic rings. The molecular formula is C15H17FN2. The number of hydrogen-bond donors (Lipinski definition) is 1. The van der Waals surface area contributed by atoms with Crippen LogP contribution < -0.4 is 5.32 Å². The molecular weight excluding hydrogens is 227 g/mol. The molecule has 0 saturated heterocycles. The van der Waals surface area contributed by atoms with Crippen LogP contribution in [0.25, 0.3) is 0 Å². The lowest BCUT2D eigenvalue weighted by Crippen LogP contribution is -2.24. The first-order valence-corrected chi connectivity index (χ1v) is 6.12. The predicted octanol–water partition coefficient (Wildman–Crippen LogP) is 3.23. The van der Waals surface area contributed by atoms with Crippen molar-refractivity contribution in [2.45, 2.75) is 19.9 Å². The van der Waals surface area contributed by atoms with Crippen molar-refractivity contribution in [3.05, 3.63) is 65.2 Å². The first-order valence-electron chi connectivity index (χ1n) is 6.12. The lowest BCUT2D eigenvalue weighted by atomic mass is 10.0. The van der Waals surface area contributed by atoms with Crippen LogP contribution in [-0.2, 0) is 0 Å². The lowest BCUT2D eigenvalue weighted by molar-refractivity contribution is 0.542. The highest BCUT2D eigenvalue weighted by Gasteiger charge is 2.17. The number of aryl methyl sites for hydroxylation is 1. The Kier molecular flexibility index (Phi) is 4.05. The molecule has 1 N–H and O–H groups in total. The molecule has 1 aromatic heterocycles. The molecule has 0 bridgehead atoms. The van der Waals surface area contributed by atoms with Crippen LogP contribution in [0.2, 0.25) is 0 Å². The smallest absolute Gasteiger partial charge is 0.146 e. The summed E-state index contributed by atoms with van der Waals surface area (Å²) in [6.07, 6.45) is 1.62. The largest absolute Gasteiger partial charge is 0.305 e. The fourth-order valence-electron chi connectivity index (χ4n) is 2.04. The minimum absolute atomic E-state index is 0.198. The summed E-state index contributed by atoms with van der Waals surface area (Å²) in [5.41, 5.74) is 2.64. The van der Waals surface area contributed by atoms with Crippen molar-refractivity contribution in [2.24, 2.45) is 0 Å². The minimum Gasteiger partial charge on any atom is -0.305 e. The third-order valence-electron chi connectivity index (χ3n) is 2.84. The zero-order valence-corrected chi connectivity index (χ0v) is 10.7. The molecule has 1 aromatic carbocycles. The van der Waals surface area contributed by atoms with Crippen molar-refractivity contribution in [1.29, 1.82) is 0 Å². The summed E-state index contributed by atoms with van der Waals surface area (Å²) < 4.78 is 13.8. The van der Waals surface area contributed by atoms with E-state index in [9.17, 15) is 4.39 Å². The summed E-state index contributed by atoms with van der Waals surface area (Å²) in [4.78, 5) is 4.17. The molecule has 0 spiro atoms. The molecule has 0 fully saturated rings. The van der Waals surface area contributed by atoms with E-state index in [0.717, 1.165) is 17.7 Å². The quantitative estimate of drug-likeness (QED) is 0.893. The van der Waals surface area contributed by atoms with Gasteiger partial charge >= 0.3 is 0 Å². The van der Waals surface area contributed by atoms with Gasteiger partial charge in [0.2, 0.25) is 0 Å². The number of aromatic nitrogens is 1. The van der Waals surface area contributed by atoms with Crippen LogP contribution in [0.1, 0.15) is 29.8 Å². The van der Waals surface area contributed by atoms with Crippen molar-refractivity contribution in [1.82, 2.24) is 10.3 Å². The van der Waals surface area contributed by atoms with Gasteiger partial charge in [-0.3, -0.25) is 4.98 Å². The Labute approximate surface area is 107 Å². The molecule has 3 heteroatoms. The van der Waals surface area contributed by atoms with Gasteiger partial charge in [-0.1, -0.05) is 36.8 Å².